The van der Waals surface area contributed by atoms with Gasteiger partial charge >= 0.3 is 5.97 Å². The first-order valence-corrected chi connectivity index (χ1v) is 8.23. The van der Waals surface area contributed by atoms with E-state index in [1.807, 2.05) is 12.1 Å². The van der Waals surface area contributed by atoms with E-state index in [1.165, 1.54) is 17.7 Å². The van der Waals surface area contributed by atoms with Gasteiger partial charge in [-0.2, -0.15) is 0 Å². The van der Waals surface area contributed by atoms with Crippen LogP contribution in [0.4, 0.5) is 11.4 Å². The molecule has 0 aromatic heterocycles. The Morgan fingerprint density at radius 2 is 1.65 bits per heavy atom. The zero-order chi connectivity index (χ0) is 16.6. The molecule has 2 N–H and O–H groups in total. The van der Waals surface area contributed by atoms with E-state index in [9.17, 15) is 18.3 Å². The van der Waals surface area contributed by atoms with Crippen LogP contribution in [-0.2, 0) is 23.7 Å². The molecule has 7 heteroatoms. The van der Waals surface area contributed by atoms with Crippen LogP contribution >= 0.6 is 0 Å². The fourth-order valence-electron chi connectivity index (χ4n) is 2.86. The molecule has 2 aromatic rings. The molecule has 1 aliphatic rings. The molecule has 2 aromatic carbocycles. The lowest BCUT2D eigenvalue weighted by Gasteiger charge is -2.19. The number of aromatic carboxylic acids is 1. The van der Waals surface area contributed by atoms with Gasteiger partial charge in [0.2, 0.25) is 10.9 Å². The van der Waals surface area contributed by atoms with E-state index in [4.69, 9.17) is 5.11 Å². The van der Waals surface area contributed by atoms with E-state index in [-0.39, 0.29) is 11.3 Å². The first kappa shape index (κ1) is 15.4. The van der Waals surface area contributed by atoms with E-state index in [1.54, 1.807) is 6.07 Å². The minimum absolute atomic E-state index is 0.196. The Morgan fingerprint density at radius 1 is 1.00 bits per heavy atom. The van der Waals surface area contributed by atoms with E-state index in [2.05, 4.69) is 0 Å². The van der Waals surface area contributed by atoms with Gasteiger partial charge in [-0.15, -0.1) is 0 Å². The summed E-state index contributed by atoms with van der Waals surface area (Å²) in [6.45, 7) is 0. The van der Waals surface area contributed by atoms with Gasteiger partial charge in [-0.05, 0) is 54.7 Å². The Bertz CT molecular complexity index is 852. The summed E-state index contributed by atoms with van der Waals surface area (Å²) in [5.41, 5.74) is 2.74. The predicted octanol–water partition coefficient (Wildman–Crippen LogP) is 2.24. The van der Waals surface area contributed by atoms with Gasteiger partial charge in [0, 0.05) is 6.07 Å². The van der Waals surface area contributed by atoms with E-state index >= 15 is 0 Å². The highest BCUT2D eigenvalue weighted by Crippen LogP contribution is 2.33. The number of benzene rings is 2. The molecule has 0 aliphatic heterocycles. The molecular formula is C16H15NO5S. The van der Waals surface area contributed by atoms with Crippen molar-refractivity contribution in [2.75, 3.05) is 4.31 Å². The number of nitrogens with zero attached hydrogens (tertiary/aromatic N) is 1. The lowest BCUT2D eigenvalue weighted by atomic mass is 10.1. The van der Waals surface area contributed by atoms with Crippen LogP contribution in [0.2, 0.25) is 0 Å². The number of aryl methyl sites for hydroxylation is 2. The molecule has 0 saturated heterocycles. The Kier molecular flexibility index (Phi) is 3.96. The second-order valence-corrected chi connectivity index (χ2v) is 6.24. The van der Waals surface area contributed by atoms with Crippen molar-refractivity contribution in [1.29, 1.82) is 0 Å². The number of phenols is 1. The van der Waals surface area contributed by atoms with Crippen LogP contribution in [-0.4, -0.2) is 24.6 Å². The van der Waals surface area contributed by atoms with E-state index < -0.39 is 22.6 Å². The number of hydrogen-bond acceptors (Lipinski definition) is 4. The van der Waals surface area contributed by atoms with Crippen LogP contribution in [0.1, 0.15) is 27.9 Å². The van der Waals surface area contributed by atoms with Crippen LogP contribution in [0.25, 0.3) is 0 Å². The van der Waals surface area contributed by atoms with Crippen LogP contribution in [0, 0.1) is 0 Å². The zero-order valence-corrected chi connectivity index (χ0v) is 13.0. The summed E-state index contributed by atoms with van der Waals surface area (Å²) in [4.78, 5) is 10.9. The number of aromatic hydroxyl groups is 1. The van der Waals surface area contributed by atoms with Gasteiger partial charge in [0.15, 0.2) is 0 Å². The molecular weight excluding hydrogens is 318 g/mol. The molecule has 0 bridgehead atoms. The van der Waals surface area contributed by atoms with Crippen molar-refractivity contribution in [3.63, 3.8) is 0 Å². The van der Waals surface area contributed by atoms with Gasteiger partial charge < -0.3 is 10.2 Å². The Hall–Kier alpha value is -2.54. The standard InChI is InChI=1S/C16H15NO5S/c18-15-9-13(6-7-14(15)16(19)20)17(23(21)22)12-5-4-10-2-1-3-11(10)8-12/h4-9,18,23H,1-3H2,(H,19,20). The first-order chi connectivity index (χ1) is 11.0. The number of rotatable bonds is 4. The summed E-state index contributed by atoms with van der Waals surface area (Å²) in [7, 11) is -2.99. The number of carbonyl (C=O) groups is 1. The van der Waals surface area contributed by atoms with Crippen LogP contribution in [0.15, 0.2) is 36.4 Å². The number of carboxylic acid groups (broad SMARTS) is 1. The molecule has 23 heavy (non-hydrogen) atoms. The molecule has 3 rings (SSSR count). The summed E-state index contributed by atoms with van der Waals surface area (Å²) in [5, 5.41) is 18.7. The summed E-state index contributed by atoms with van der Waals surface area (Å²) in [6.07, 6.45) is 2.96. The van der Waals surface area contributed by atoms with Crippen LogP contribution < -0.4 is 4.31 Å². The molecule has 6 nitrogen and oxygen atoms in total. The van der Waals surface area contributed by atoms with Crippen molar-refractivity contribution in [3.05, 3.63) is 53.1 Å². The Labute approximate surface area is 134 Å². The van der Waals surface area contributed by atoms with E-state index in [0.29, 0.717) is 5.69 Å². The molecule has 0 spiro atoms. The second kappa shape index (κ2) is 5.92. The quantitative estimate of drug-likeness (QED) is 0.746. The summed E-state index contributed by atoms with van der Waals surface area (Å²) < 4.78 is 24.5. The zero-order valence-electron chi connectivity index (χ0n) is 12.1. The maximum Gasteiger partial charge on any atom is 0.339 e. The normalized spacial score (nSPS) is 13.1. The number of hydrogen-bond donors (Lipinski definition) is 3. The summed E-state index contributed by atoms with van der Waals surface area (Å²) in [5.74, 6) is -1.75. The highest BCUT2D eigenvalue weighted by Gasteiger charge is 2.18. The maximum absolute atomic E-state index is 11.7. The van der Waals surface area contributed by atoms with Gasteiger partial charge in [-0.3, -0.25) is 0 Å². The fraction of sp³-hybridized carbons (Fsp3) is 0.188. The predicted molar refractivity (Wildman–Crippen MR) is 86.0 cm³/mol. The van der Waals surface area contributed by atoms with E-state index in [0.717, 1.165) is 35.2 Å². The molecule has 0 radical (unpaired) electrons. The molecule has 0 unspecified atom stereocenters. The smallest absolute Gasteiger partial charge is 0.339 e. The average molecular weight is 333 g/mol. The topological polar surface area (TPSA) is 94.9 Å². The van der Waals surface area contributed by atoms with Crippen molar-refractivity contribution < 1.29 is 23.4 Å². The van der Waals surface area contributed by atoms with Crippen LogP contribution in [0.5, 0.6) is 5.75 Å². The van der Waals surface area contributed by atoms with Crippen molar-refractivity contribution in [1.82, 2.24) is 0 Å². The van der Waals surface area contributed by atoms with Gasteiger partial charge in [-0.25, -0.2) is 17.5 Å². The SMILES string of the molecule is O=C(O)c1ccc(N(c2ccc3c(c2)CCC3)[SH](=O)=O)cc1O. The largest absolute Gasteiger partial charge is 0.507 e. The number of fused-ring (bicyclic) bond motifs is 1. The van der Waals surface area contributed by atoms with Gasteiger partial charge in [0.25, 0.3) is 0 Å². The number of anilines is 2. The number of thiol groups is 1. The summed E-state index contributed by atoms with van der Waals surface area (Å²) in [6, 6.07) is 9.15. The molecule has 0 heterocycles. The van der Waals surface area contributed by atoms with Crippen molar-refractivity contribution in [2.24, 2.45) is 0 Å². The monoisotopic (exact) mass is 333 g/mol. The molecule has 0 amide bonds. The van der Waals surface area contributed by atoms with Gasteiger partial charge in [-0.1, -0.05) is 6.07 Å². The molecule has 120 valence electrons. The third-order valence-corrected chi connectivity index (χ3v) is 4.73. The number of carboxylic acids is 1. The van der Waals surface area contributed by atoms with Gasteiger partial charge in [0.05, 0.1) is 11.4 Å². The van der Waals surface area contributed by atoms with Crippen molar-refractivity contribution in [3.8, 4) is 5.75 Å². The summed E-state index contributed by atoms with van der Waals surface area (Å²) >= 11 is 0. The van der Waals surface area contributed by atoms with Crippen molar-refractivity contribution >= 4 is 28.2 Å². The Balaban J connectivity index is 2.06. The Morgan fingerprint density at radius 3 is 2.30 bits per heavy atom. The maximum atomic E-state index is 11.7. The van der Waals surface area contributed by atoms with Crippen molar-refractivity contribution in [2.45, 2.75) is 19.3 Å². The minimum Gasteiger partial charge on any atom is -0.507 e. The second-order valence-electron chi connectivity index (χ2n) is 5.36. The lowest BCUT2D eigenvalue weighted by Crippen LogP contribution is -2.15. The molecule has 1 aliphatic carbocycles. The molecule has 0 atom stereocenters. The third kappa shape index (κ3) is 2.87. The first-order valence-electron chi connectivity index (χ1n) is 7.10. The highest BCUT2D eigenvalue weighted by atomic mass is 32.2. The fourth-order valence-corrected chi connectivity index (χ4v) is 3.49. The average Bonchev–Trinajstić information content (AvgIpc) is 2.94. The minimum atomic E-state index is -2.99. The third-order valence-electron chi connectivity index (χ3n) is 3.95. The van der Waals surface area contributed by atoms with Gasteiger partial charge in [0.1, 0.15) is 11.3 Å². The van der Waals surface area contributed by atoms with Crippen LogP contribution in [0.3, 0.4) is 0 Å². The molecule has 0 fully saturated rings. The highest BCUT2D eigenvalue weighted by molar-refractivity contribution is 7.74. The lowest BCUT2D eigenvalue weighted by molar-refractivity contribution is 0.0694. The molecule has 0 saturated carbocycles.